The molecule has 3 atom stereocenters. The number of nitrogens with one attached hydrogen (secondary N) is 1. The minimum absolute atomic E-state index is 0.0316. The third-order valence-corrected chi connectivity index (χ3v) is 7.64. The van der Waals surface area contributed by atoms with Gasteiger partial charge in [-0.25, -0.2) is 0 Å². The van der Waals surface area contributed by atoms with Crippen molar-refractivity contribution in [3.63, 3.8) is 0 Å². The van der Waals surface area contributed by atoms with Crippen LogP contribution in [0.2, 0.25) is 0 Å². The Hall–Kier alpha value is -4.18. The lowest BCUT2D eigenvalue weighted by Gasteiger charge is -2.28. The molecule has 0 aromatic heterocycles. The van der Waals surface area contributed by atoms with Crippen molar-refractivity contribution in [2.24, 2.45) is 0 Å². The van der Waals surface area contributed by atoms with Gasteiger partial charge in [-0.1, -0.05) is 34.1 Å². The zero-order valence-electron chi connectivity index (χ0n) is 20.8. The topological polar surface area (TPSA) is 127 Å². The molecule has 0 spiro atoms. The maximum atomic E-state index is 13.9. The lowest BCUT2D eigenvalue weighted by atomic mass is 10.0. The molecule has 9 nitrogen and oxygen atoms in total. The predicted octanol–water partition coefficient (Wildman–Crippen LogP) is 2.90. The fraction of sp³-hybridized carbons (Fsp3) is 0.241. The van der Waals surface area contributed by atoms with Crippen LogP contribution >= 0.6 is 15.9 Å². The summed E-state index contributed by atoms with van der Waals surface area (Å²) in [4.78, 5) is 56.2. The van der Waals surface area contributed by atoms with Crippen molar-refractivity contribution in [3.05, 3.63) is 94.0 Å². The molecule has 10 heteroatoms. The number of carbonyl (C=O) groups is 4. The number of phenolic OH excluding ortho intramolecular Hbond substituents is 2. The summed E-state index contributed by atoms with van der Waals surface area (Å²) in [5, 5.41) is 22.0. The summed E-state index contributed by atoms with van der Waals surface area (Å²) in [6.45, 7) is 0.143. The number of halogens is 1. The Morgan fingerprint density at radius 1 is 0.923 bits per heavy atom. The van der Waals surface area contributed by atoms with Gasteiger partial charge in [-0.05, 0) is 66.6 Å². The molecule has 0 saturated carbocycles. The van der Waals surface area contributed by atoms with Gasteiger partial charge in [-0.15, -0.1) is 0 Å². The highest BCUT2D eigenvalue weighted by Crippen LogP contribution is 2.32. The van der Waals surface area contributed by atoms with Crippen LogP contribution in [-0.2, 0) is 16.0 Å². The van der Waals surface area contributed by atoms with Crippen molar-refractivity contribution in [1.82, 2.24) is 15.1 Å². The van der Waals surface area contributed by atoms with Crippen molar-refractivity contribution in [3.8, 4) is 11.5 Å². The molecule has 3 aromatic carbocycles. The molecule has 2 fully saturated rings. The van der Waals surface area contributed by atoms with E-state index in [2.05, 4.69) is 21.2 Å². The predicted molar refractivity (Wildman–Crippen MR) is 145 cm³/mol. The molecular weight excluding hydrogens is 566 g/mol. The van der Waals surface area contributed by atoms with Crippen LogP contribution in [0.1, 0.15) is 32.7 Å². The number of fused-ring (bicyclic) bond motifs is 1. The van der Waals surface area contributed by atoms with Crippen molar-refractivity contribution in [1.29, 1.82) is 0 Å². The summed E-state index contributed by atoms with van der Waals surface area (Å²) < 4.78 is 0.717. The van der Waals surface area contributed by atoms with E-state index in [1.54, 1.807) is 36.4 Å². The third kappa shape index (κ3) is 5.51. The van der Waals surface area contributed by atoms with E-state index in [4.69, 9.17) is 0 Å². The molecule has 2 aliphatic rings. The van der Waals surface area contributed by atoms with Gasteiger partial charge >= 0.3 is 0 Å². The molecule has 3 amide bonds. The van der Waals surface area contributed by atoms with E-state index in [1.165, 1.54) is 46.2 Å². The van der Waals surface area contributed by atoms with Gasteiger partial charge in [0.05, 0.1) is 12.6 Å². The summed E-state index contributed by atoms with van der Waals surface area (Å²) >= 11 is 3.35. The Morgan fingerprint density at radius 3 is 2.26 bits per heavy atom. The van der Waals surface area contributed by atoms with E-state index in [0.717, 1.165) is 5.56 Å². The fourth-order valence-corrected chi connectivity index (χ4v) is 5.65. The minimum Gasteiger partial charge on any atom is -0.508 e. The second kappa shape index (κ2) is 10.9. The van der Waals surface area contributed by atoms with Gasteiger partial charge in [0.2, 0.25) is 5.91 Å². The van der Waals surface area contributed by atoms with Crippen LogP contribution in [0.4, 0.5) is 0 Å². The zero-order chi connectivity index (χ0) is 27.7. The first-order chi connectivity index (χ1) is 18.7. The van der Waals surface area contributed by atoms with E-state index in [-0.39, 0.29) is 42.7 Å². The van der Waals surface area contributed by atoms with E-state index in [9.17, 15) is 29.4 Å². The molecule has 2 heterocycles. The van der Waals surface area contributed by atoms with Gasteiger partial charge in [0.15, 0.2) is 5.78 Å². The first-order valence-corrected chi connectivity index (χ1v) is 13.3. The Balaban J connectivity index is 1.38. The van der Waals surface area contributed by atoms with Crippen LogP contribution in [0.5, 0.6) is 11.5 Å². The number of hydrogen-bond donors (Lipinski definition) is 3. The van der Waals surface area contributed by atoms with Crippen molar-refractivity contribution in [2.75, 3.05) is 13.1 Å². The SMILES string of the molecule is O=C(N[C@@H](Cc1ccc(O)cc1)C(=O)N1CC[C@@H]2[C@H]1C(=O)CN2C(=O)c1ccc(O)cc1)c1cccc(Br)c1. The summed E-state index contributed by atoms with van der Waals surface area (Å²) in [6, 6.07) is 16.7. The van der Waals surface area contributed by atoms with E-state index in [0.29, 0.717) is 22.0 Å². The van der Waals surface area contributed by atoms with Gasteiger partial charge in [0, 0.05) is 28.6 Å². The number of amides is 3. The van der Waals surface area contributed by atoms with Crippen LogP contribution in [0.25, 0.3) is 0 Å². The number of rotatable bonds is 6. The standard InChI is InChI=1S/C29H26BrN3O6/c30-20-3-1-2-19(15-20)27(37)31-23(14-17-4-8-21(34)9-5-17)29(39)32-13-12-24-26(32)25(36)16-33(24)28(38)18-6-10-22(35)11-7-18/h1-11,15,23-24,26,34-35H,12-14,16H2,(H,31,37)/t23-,24+,26-/m0/s1. The van der Waals surface area contributed by atoms with Crippen LogP contribution < -0.4 is 5.32 Å². The number of nitrogens with zero attached hydrogens (tertiary/aromatic N) is 2. The van der Waals surface area contributed by atoms with Crippen LogP contribution in [-0.4, -0.2) is 74.7 Å². The van der Waals surface area contributed by atoms with E-state index in [1.807, 2.05) is 0 Å². The molecule has 5 rings (SSSR count). The summed E-state index contributed by atoms with van der Waals surface area (Å²) in [6.07, 6.45) is 0.578. The van der Waals surface area contributed by atoms with Gasteiger partial charge in [-0.2, -0.15) is 0 Å². The van der Waals surface area contributed by atoms with Crippen LogP contribution in [0.15, 0.2) is 77.3 Å². The van der Waals surface area contributed by atoms with Crippen molar-refractivity contribution in [2.45, 2.75) is 31.0 Å². The average molecular weight is 592 g/mol. The van der Waals surface area contributed by atoms with Crippen LogP contribution in [0, 0.1) is 0 Å². The quantitative estimate of drug-likeness (QED) is 0.404. The molecule has 3 N–H and O–H groups in total. The Kier molecular flexibility index (Phi) is 7.38. The minimum atomic E-state index is -0.977. The first-order valence-electron chi connectivity index (χ1n) is 12.5. The number of hydrogen-bond acceptors (Lipinski definition) is 6. The Morgan fingerprint density at radius 2 is 1.59 bits per heavy atom. The largest absolute Gasteiger partial charge is 0.508 e. The Bertz CT molecular complexity index is 1430. The average Bonchev–Trinajstić information content (AvgIpc) is 3.50. The highest BCUT2D eigenvalue weighted by atomic mass is 79.9. The lowest BCUT2D eigenvalue weighted by molar-refractivity contribution is -0.138. The zero-order valence-corrected chi connectivity index (χ0v) is 22.4. The van der Waals surface area contributed by atoms with Crippen molar-refractivity contribution < 1.29 is 29.4 Å². The number of phenols is 2. The monoisotopic (exact) mass is 591 g/mol. The molecule has 2 aliphatic heterocycles. The molecule has 0 unspecified atom stereocenters. The molecule has 200 valence electrons. The maximum absolute atomic E-state index is 13.9. The number of ketones is 1. The number of likely N-dealkylation sites (tertiary alicyclic amines) is 2. The highest BCUT2D eigenvalue weighted by Gasteiger charge is 2.52. The Labute approximate surface area is 233 Å². The summed E-state index contributed by atoms with van der Waals surface area (Å²) in [5.74, 6) is -1.31. The molecule has 2 saturated heterocycles. The van der Waals surface area contributed by atoms with Gasteiger partial charge in [0.1, 0.15) is 23.6 Å². The number of aromatic hydroxyl groups is 2. The molecule has 0 radical (unpaired) electrons. The maximum Gasteiger partial charge on any atom is 0.254 e. The first kappa shape index (κ1) is 26.4. The number of benzene rings is 3. The smallest absolute Gasteiger partial charge is 0.254 e. The van der Waals surface area contributed by atoms with E-state index >= 15 is 0 Å². The fourth-order valence-electron chi connectivity index (χ4n) is 5.25. The second-order valence-corrected chi connectivity index (χ2v) is 10.6. The normalized spacial score (nSPS) is 19.1. The summed E-state index contributed by atoms with van der Waals surface area (Å²) in [5.41, 5.74) is 1.44. The number of Topliss-reactive ketones (excluding diaryl/α,β-unsaturated/α-hetero) is 1. The van der Waals surface area contributed by atoms with Gasteiger partial charge < -0.3 is 25.3 Å². The second-order valence-electron chi connectivity index (χ2n) is 9.69. The molecule has 3 aromatic rings. The summed E-state index contributed by atoms with van der Waals surface area (Å²) in [7, 11) is 0. The molecule has 0 aliphatic carbocycles. The van der Waals surface area contributed by atoms with Gasteiger partial charge in [0.25, 0.3) is 11.8 Å². The van der Waals surface area contributed by atoms with Crippen LogP contribution in [0.3, 0.4) is 0 Å². The highest BCUT2D eigenvalue weighted by molar-refractivity contribution is 9.10. The van der Waals surface area contributed by atoms with E-state index < -0.39 is 29.9 Å². The number of carbonyl (C=O) groups excluding carboxylic acids is 4. The van der Waals surface area contributed by atoms with Gasteiger partial charge in [-0.3, -0.25) is 19.2 Å². The van der Waals surface area contributed by atoms with Crippen molar-refractivity contribution >= 4 is 39.4 Å². The molecule has 0 bridgehead atoms. The molecule has 39 heavy (non-hydrogen) atoms. The third-order valence-electron chi connectivity index (χ3n) is 7.15. The molecular formula is C29H26BrN3O6. The lowest BCUT2D eigenvalue weighted by Crippen LogP contribution is -2.53.